The van der Waals surface area contributed by atoms with Gasteiger partial charge in [0.15, 0.2) is 0 Å². The van der Waals surface area contributed by atoms with E-state index in [2.05, 4.69) is 11.4 Å². The first-order valence-electron chi connectivity index (χ1n) is 12.6. The zero-order valence-corrected chi connectivity index (χ0v) is 22.7. The molecule has 37 heavy (non-hydrogen) atoms. The van der Waals surface area contributed by atoms with Crippen LogP contribution in [0.3, 0.4) is 0 Å². The van der Waals surface area contributed by atoms with E-state index in [-0.39, 0.29) is 31.0 Å². The van der Waals surface area contributed by atoms with Crippen molar-refractivity contribution in [3.63, 3.8) is 0 Å². The molecule has 3 aromatic rings. The molecule has 0 N–H and O–H groups in total. The van der Waals surface area contributed by atoms with Crippen molar-refractivity contribution in [1.82, 2.24) is 9.80 Å². The summed E-state index contributed by atoms with van der Waals surface area (Å²) in [5.41, 5.74) is 3.16. The molecule has 1 aliphatic rings. The second-order valence-corrected chi connectivity index (χ2v) is 10.4. The van der Waals surface area contributed by atoms with Crippen LogP contribution < -0.4 is 0 Å². The van der Waals surface area contributed by atoms with Gasteiger partial charge in [0.25, 0.3) is 0 Å². The molecule has 0 fully saturated rings. The molecule has 1 aromatic heterocycles. The van der Waals surface area contributed by atoms with Crippen LogP contribution in [0, 0.1) is 0 Å². The Labute approximate surface area is 227 Å². The zero-order chi connectivity index (χ0) is 26.0. The van der Waals surface area contributed by atoms with Gasteiger partial charge in [0.05, 0.1) is 19.2 Å². The van der Waals surface area contributed by atoms with Gasteiger partial charge in [-0.3, -0.25) is 9.59 Å². The van der Waals surface area contributed by atoms with E-state index in [0.717, 1.165) is 23.1 Å². The third kappa shape index (κ3) is 7.42. The highest BCUT2D eigenvalue weighted by molar-refractivity contribution is 7.10. The molecule has 2 aromatic carbocycles. The lowest BCUT2D eigenvalue weighted by atomic mass is 9.93. The lowest BCUT2D eigenvalue weighted by Crippen LogP contribution is -2.47. The monoisotopic (exact) mass is 540 g/mol. The molecule has 0 unspecified atom stereocenters. The van der Waals surface area contributed by atoms with Crippen LogP contribution in [-0.2, 0) is 32.1 Å². The molecule has 2 heterocycles. The molecule has 1 aliphatic heterocycles. The largest absolute Gasteiger partial charge is 0.382 e. The van der Waals surface area contributed by atoms with E-state index in [0.29, 0.717) is 44.4 Å². The summed E-state index contributed by atoms with van der Waals surface area (Å²) in [7, 11) is 0. The zero-order valence-electron chi connectivity index (χ0n) is 21.1. The Balaban J connectivity index is 1.46. The standard InChI is InChI=1S/C29H33ClN2O4S/c1-2-35-17-6-15-31(28(34)21-36-20-22-7-4-3-5-8-22)19-27(33)32-16-13-26-25(14-18-37-26)29(32)23-9-11-24(30)12-10-23/h3-5,7-12,14,18,29H,2,6,13,15-17,19-21H2,1H3/t29-/m0/s1. The van der Waals surface area contributed by atoms with E-state index in [4.69, 9.17) is 21.1 Å². The van der Waals surface area contributed by atoms with Crippen molar-refractivity contribution in [3.8, 4) is 0 Å². The molecule has 0 radical (unpaired) electrons. The van der Waals surface area contributed by atoms with Gasteiger partial charge in [0.1, 0.15) is 6.61 Å². The van der Waals surface area contributed by atoms with Crippen molar-refractivity contribution in [3.05, 3.63) is 92.6 Å². The number of fused-ring (bicyclic) bond motifs is 1. The minimum atomic E-state index is -0.200. The molecule has 0 bridgehead atoms. The van der Waals surface area contributed by atoms with Crippen molar-refractivity contribution in [2.24, 2.45) is 0 Å². The quantitative estimate of drug-likeness (QED) is 0.291. The third-order valence-electron chi connectivity index (χ3n) is 6.41. The molecule has 4 rings (SSSR count). The fourth-order valence-electron chi connectivity index (χ4n) is 4.56. The Morgan fingerprint density at radius 2 is 1.86 bits per heavy atom. The number of thiophene rings is 1. The third-order valence-corrected chi connectivity index (χ3v) is 7.66. The molecule has 0 aliphatic carbocycles. The summed E-state index contributed by atoms with van der Waals surface area (Å²) in [5.74, 6) is -0.276. The highest BCUT2D eigenvalue weighted by Crippen LogP contribution is 2.38. The summed E-state index contributed by atoms with van der Waals surface area (Å²) in [6.07, 6.45) is 1.46. The normalized spacial score (nSPS) is 14.9. The van der Waals surface area contributed by atoms with Crippen LogP contribution in [0.2, 0.25) is 5.02 Å². The number of hydrogen-bond acceptors (Lipinski definition) is 5. The average Bonchev–Trinajstić information content (AvgIpc) is 3.40. The summed E-state index contributed by atoms with van der Waals surface area (Å²) < 4.78 is 11.2. The Morgan fingerprint density at radius 1 is 1.08 bits per heavy atom. The summed E-state index contributed by atoms with van der Waals surface area (Å²) >= 11 is 7.86. The lowest BCUT2D eigenvalue weighted by Gasteiger charge is -2.37. The van der Waals surface area contributed by atoms with E-state index in [9.17, 15) is 9.59 Å². The lowest BCUT2D eigenvalue weighted by molar-refractivity contribution is -0.144. The average molecular weight is 541 g/mol. The fourth-order valence-corrected chi connectivity index (χ4v) is 5.59. The maximum Gasteiger partial charge on any atom is 0.249 e. The van der Waals surface area contributed by atoms with E-state index in [1.54, 1.807) is 16.2 Å². The molecule has 0 saturated heterocycles. The Kier molecular flexibility index (Phi) is 10.1. The number of benzene rings is 2. The van der Waals surface area contributed by atoms with Crippen LogP contribution in [0.5, 0.6) is 0 Å². The van der Waals surface area contributed by atoms with Crippen LogP contribution in [0.4, 0.5) is 0 Å². The first kappa shape index (κ1) is 27.3. The van der Waals surface area contributed by atoms with E-state index in [1.165, 1.54) is 4.88 Å². The van der Waals surface area contributed by atoms with Crippen LogP contribution in [0.1, 0.15) is 41.0 Å². The molecular formula is C29H33ClN2O4S. The number of carbonyl (C=O) groups is 2. The highest BCUT2D eigenvalue weighted by Gasteiger charge is 2.34. The predicted molar refractivity (Wildman–Crippen MR) is 147 cm³/mol. The van der Waals surface area contributed by atoms with Gasteiger partial charge >= 0.3 is 0 Å². The minimum absolute atomic E-state index is 0.00319. The van der Waals surface area contributed by atoms with Gasteiger partial charge in [-0.25, -0.2) is 0 Å². The van der Waals surface area contributed by atoms with Crippen molar-refractivity contribution < 1.29 is 19.1 Å². The molecule has 8 heteroatoms. The van der Waals surface area contributed by atoms with Crippen molar-refractivity contribution in [1.29, 1.82) is 0 Å². The van der Waals surface area contributed by atoms with E-state index < -0.39 is 0 Å². The Bertz CT molecular complexity index is 1150. The first-order valence-corrected chi connectivity index (χ1v) is 13.9. The van der Waals surface area contributed by atoms with Crippen LogP contribution >= 0.6 is 22.9 Å². The molecule has 196 valence electrons. The second kappa shape index (κ2) is 13.7. The van der Waals surface area contributed by atoms with Gasteiger partial charge in [-0.2, -0.15) is 0 Å². The van der Waals surface area contributed by atoms with Gasteiger partial charge in [-0.15, -0.1) is 11.3 Å². The highest BCUT2D eigenvalue weighted by atomic mass is 35.5. The van der Waals surface area contributed by atoms with Gasteiger partial charge in [0.2, 0.25) is 11.8 Å². The molecule has 0 saturated carbocycles. The fraction of sp³-hybridized carbons (Fsp3) is 0.379. The maximum atomic E-state index is 13.7. The van der Waals surface area contributed by atoms with Crippen LogP contribution in [0.25, 0.3) is 0 Å². The van der Waals surface area contributed by atoms with Gasteiger partial charge in [-0.1, -0.05) is 54.1 Å². The van der Waals surface area contributed by atoms with Gasteiger partial charge in [-0.05, 0) is 60.0 Å². The summed E-state index contributed by atoms with van der Waals surface area (Å²) in [4.78, 5) is 31.6. The minimum Gasteiger partial charge on any atom is -0.382 e. The number of hydrogen-bond donors (Lipinski definition) is 0. The molecule has 0 spiro atoms. The Morgan fingerprint density at radius 3 is 2.62 bits per heavy atom. The number of nitrogens with zero attached hydrogens (tertiary/aromatic N) is 2. The number of rotatable bonds is 12. The molecular weight excluding hydrogens is 508 g/mol. The summed E-state index contributed by atoms with van der Waals surface area (Å²) in [6, 6.07) is 19.3. The van der Waals surface area contributed by atoms with Crippen molar-refractivity contribution in [2.75, 3.05) is 39.5 Å². The molecule has 1 atom stereocenters. The first-order chi connectivity index (χ1) is 18.1. The number of ether oxygens (including phenoxy) is 2. The van der Waals surface area contributed by atoms with Crippen LogP contribution in [-0.4, -0.2) is 61.1 Å². The SMILES string of the molecule is CCOCCCN(CC(=O)N1CCc2sccc2[C@@H]1c1ccc(Cl)cc1)C(=O)COCc1ccccc1. The smallest absolute Gasteiger partial charge is 0.249 e. The number of halogens is 1. The molecule has 2 amide bonds. The second-order valence-electron chi connectivity index (χ2n) is 8.93. The van der Waals surface area contributed by atoms with E-state index >= 15 is 0 Å². The maximum absolute atomic E-state index is 13.7. The predicted octanol–water partition coefficient (Wildman–Crippen LogP) is 5.35. The van der Waals surface area contributed by atoms with Crippen molar-refractivity contribution in [2.45, 2.75) is 32.4 Å². The number of amides is 2. The summed E-state index contributed by atoms with van der Waals surface area (Å²) in [5, 5.41) is 2.74. The molecule has 6 nitrogen and oxygen atoms in total. The number of carbonyl (C=O) groups excluding carboxylic acids is 2. The van der Waals surface area contributed by atoms with Crippen LogP contribution in [0.15, 0.2) is 66.0 Å². The summed E-state index contributed by atoms with van der Waals surface area (Å²) in [6.45, 7) is 4.40. The van der Waals surface area contributed by atoms with Gasteiger partial charge in [0, 0.05) is 36.2 Å². The van der Waals surface area contributed by atoms with Gasteiger partial charge < -0.3 is 19.3 Å². The Hall–Kier alpha value is -2.71. The topological polar surface area (TPSA) is 59.1 Å². The van der Waals surface area contributed by atoms with Crippen molar-refractivity contribution >= 4 is 34.8 Å². The van der Waals surface area contributed by atoms with E-state index in [1.807, 2.05) is 66.4 Å².